The van der Waals surface area contributed by atoms with Crippen LogP contribution in [0.15, 0.2) is 194 Å². The Hall–Kier alpha value is -6.76. The van der Waals surface area contributed by atoms with E-state index < -0.39 is 0 Å². The van der Waals surface area contributed by atoms with Crippen LogP contribution in [-0.4, -0.2) is 0 Å². The summed E-state index contributed by atoms with van der Waals surface area (Å²) < 4.78 is 0. The molecule has 52 heavy (non-hydrogen) atoms. The third-order valence-electron chi connectivity index (χ3n) is 11.2. The van der Waals surface area contributed by atoms with Crippen molar-refractivity contribution in [3.8, 4) is 0 Å². The number of rotatable bonds is 0. The Morgan fingerprint density at radius 2 is 0.288 bits per heavy atom. The molecule has 0 aliphatic heterocycles. The van der Waals surface area contributed by atoms with Crippen LogP contribution < -0.4 is 0 Å². The van der Waals surface area contributed by atoms with Crippen molar-refractivity contribution in [1.29, 1.82) is 0 Å². The zero-order valence-corrected chi connectivity index (χ0v) is 28.5. The van der Waals surface area contributed by atoms with E-state index in [-0.39, 0.29) is 0 Å². The van der Waals surface area contributed by atoms with Gasteiger partial charge in [-0.1, -0.05) is 194 Å². The molecule has 0 heteroatoms. The van der Waals surface area contributed by atoms with Crippen molar-refractivity contribution in [3.05, 3.63) is 194 Å². The Bertz CT molecular complexity index is 2840. The van der Waals surface area contributed by atoms with Gasteiger partial charge in [0.05, 0.1) is 0 Å². The first-order valence-corrected chi connectivity index (χ1v) is 18.1. The summed E-state index contributed by atoms with van der Waals surface area (Å²) in [4.78, 5) is 0. The summed E-state index contributed by atoms with van der Waals surface area (Å²) in [7, 11) is 0. The Balaban J connectivity index is 0.0000000933. The summed E-state index contributed by atoms with van der Waals surface area (Å²) >= 11 is 0. The van der Waals surface area contributed by atoms with E-state index in [1.165, 1.54) is 108 Å². The van der Waals surface area contributed by atoms with E-state index in [4.69, 9.17) is 0 Å². The highest BCUT2D eigenvalue weighted by atomic mass is 14.1. The number of fused-ring (bicyclic) bond motifs is 2. The largest absolute Gasteiger partial charge is 0.0610 e. The lowest BCUT2D eigenvalue weighted by Gasteiger charge is -2.13. The fourth-order valence-corrected chi connectivity index (χ4v) is 8.92. The van der Waals surface area contributed by atoms with E-state index in [1.807, 2.05) is 0 Å². The molecule has 0 aromatic heterocycles. The second-order valence-electron chi connectivity index (χ2n) is 14.0. The minimum absolute atomic E-state index is 1.33. The van der Waals surface area contributed by atoms with E-state index in [2.05, 4.69) is 194 Å². The topological polar surface area (TPSA) is 0 Å². The first-order valence-electron chi connectivity index (χ1n) is 18.1. The summed E-state index contributed by atoms with van der Waals surface area (Å²) in [5.41, 5.74) is 0. The molecule has 0 bridgehead atoms. The van der Waals surface area contributed by atoms with Gasteiger partial charge in [-0.3, -0.25) is 0 Å². The van der Waals surface area contributed by atoms with E-state index in [9.17, 15) is 0 Å². The Morgan fingerprint density at radius 1 is 0.135 bits per heavy atom. The van der Waals surface area contributed by atoms with Crippen LogP contribution in [0, 0.1) is 0 Å². The minimum atomic E-state index is 1.33. The molecule has 0 N–H and O–H groups in total. The monoisotopic (exact) mass is 656 g/mol. The second kappa shape index (κ2) is 11.4. The predicted octanol–water partition coefficient (Wildman–Crippen LogP) is 14.9. The first kappa shape index (κ1) is 29.0. The average Bonchev–Trinajstić information content (AvgIpc) is 3.21. The van der Waals surface area contributed by atoms with Gasteiger partial charge in [0.2, 0.25) is 0 Å². The van der Waals surface area contributed by atoms with E-state index >= 15 is 0 Å². The molecule has 0 saturated heterocycles. The van der Waals surface area contributed by atoms with E-state index in [0.29, 0.717) is 0 Å². The molecule has 0 aliphatic rings. The maximum absolute atomic E-state index is 2.25. The zero-order valence-electron chi connectivity index (χ0n) is 28.5. The summed E-state index contributed by atoms with van der Waals surface area (Å²) in [6.45, 7) is 0. The van der Waals surface area contributed by atoms with Crippen LogP contribution in [-0.2, 0) is 0 Å². The van der Waals surface area contributed by atoms with Gasteiger partial charge in [-0.25, -0.2) is 0 Å². The smallest absolute Gasteiger partial charge is 0.00264 e. The predicted molar refractivity (Wildman–Crippen MR) is 228 cm³/mol. The van der Waals surface area contributed by atoms with Crippen molar-refractivity contribution in [2.75, 3.05) is 0 Å². The SMILES string of the molecule is c1cc2ccc3cccc4ccc(c1)c2c34.c1cc2ccc3cccc4ccc(c1)c2c34.c1cc2cccc3c4cccc5cccc(c(c1)c23)c54. The molecule has 13 rings (SSSR count). The van der Waals surface area contributed by atoms with E-state index in [1.54, 1.807) is 0 Å². The number of hydrogen-bond acceptors (Lipinski definition) is 0. The third-order valence-corrected chi connectivity index (χ3v) is 11.2. The van der Waals surface area contributed by atoms with Crippen LogP contribution in [0.4, 0.5) is 0 Å². The summed E-state index contributed by atoms with van der Waals surface area (Å²) in [6.07, 6.45) is 0. The summed E-state index contributed by atoms with van der Waals surface area (Å²) in [5, 5.41) is 27.2. The highest BCUT2D eigenvalue weighted by Crippen LogP contribution is 2.40. The van der Waals surface area contributed by atoms with Crippen molar-refractivity contribution in [3.63, 3.8) is 0 Å². The van der Waals surface area contributed by atoms with Crippen molar-refractivity contribution >= 4 is 108 Å². The number of benzene rings is 13. The van der Waals surface area contributed by atoms with Gasteiger partial charge in [0.25, 0.3) is 0 Å². The van der Waals surface area contributed by atoms with Crippen LogP contribution >= 0.6 is 0 Å². The standard InChI is InChI=1S/C20H12.2C16H10/c1-5-13-6-2-11-17-18-12-4-8-14-7-3-10-16(20(14)18)15(9-1)19(13)17;2*1-3-11-7-9-13-5-2-6-14-10-8-12(4-1)15(11)16(13)14/h1-12H;2*1-10H. The molecule has 0 fully saturated rings. The maximum Gasteiger partial charge on any atom is -0.00264 e. The van der Waals surface area contributed by atoms with Gasteiger partial charge >= 0.3 is 0 Å². The van der Waals surface area contributed by atoms with Crippen molar-refractivity contribution < 1.29 is 0 Å². The molecule has 0 amide bonds. The molecular weight excluding hydrogens is 625 g/mol. The van der Waals surface area contributed by atoms with Crippen LogP contribution in [0.3, 0.4) is 0 Å². The van der Waals surface area contributed by atoms with Gasteiger partial charge in [-0.05, 0) is 108 Å². The molecule has 0 spiro atoms. The van der Waals surface area contributed by atoms with Gasteiger partial charge in [0.15, 0.2) is 0 Å². The lowest BCUT2D eigenvalue weighted by molar-refractivity contribution is 1.78. The molecule has 0 saturated carbocycles. The van der Waals surface area contributed by atoms with E-state index in [0.717, 1.165) is 0 Å². The Kier molecular flexibility index (Phi) is 6.35. The van der Waals surface area contributed by atoms with Gasteiger partial charge in [-0.2, -0.15) is 0 Å². The molecule has 0 aliphatic carbocycles. The van der Waals surface area contributed by atoms with Gasteiger partial charge in [0.1, 0.15) is 0 Å². The van der Waals surface area contributed by atoms with Crippen LogP contribution in [0.5, 0.6) is 0 Å². The maximum atomic E-state index is 2.25. The Labute approximate surface area is 300 Å². The Morgan fingerprint density at radius 3 is 0.481 bits per heavy atom. The molecule has 0 nitrogen and oxygen atoms in total. The van der Waals surface area contributed by atoms with Crippen molar-refractivity contribution in [2.24, 2.45) is 0 Å². The first-order chi connectivity index (χ1) is 25.8. The fraction of sp³-hybridized carbons (Fsp3) is 0. The molecule has 13 aromatic carbocycles. The normalized spacial score (nSPS) is 11.8. The lowest BCUT2D eigenvalue weighted by Crippen LogP contribution is -1.85. The molecule has 0 radical (unpaired) electrons. The second-order valence-corrected chi connectivity index (χ2v) is 14.0. The molecule has 0 unspecified atom stereocenters. The van der Waals surface area contributed by atoms with Crippen LogP contribution in [0.2, 0.25) is 0 Å². The molecule has 0 heterocycles. The zero-order chi connectivity index (χ0) is 34.2. The van der Waals surface area contributed by atoms with Gasteiger partial charge in [-0.15, -0.1) is 0 Å². The quantitative estimate of drug-likeness (QED) is 0.113. The summed E-state index contributed by atoms with van der Waals surface area (Å²) in [5.74, 6) is 0. The highest BCUT2D eigenvalue weighted by Gasteiger charge is 2.12. The average molecular weight is 657 g/mol. The van der Waals surface area contributed by atoms with Crippen molar-refractivity contribution in [1.82, 2.24) is 0 Å². The fourth-order valence-electron chi connectivity index (χ4n) is 8.92. The van der Waals surface area contributed by atoms with Gasteiger partial charge < -0.3 is 0 Å². The van der Waals surface area contributed by atoms with Crippen LogP contribution in [0.25, 0.3) is 108 Å². The van der Waals surface area contributed by atoms with Crippen LogP contribution in [0.1, 0.15) is 0 Å². The summed E-state index contributed by atoms with van der Waals surface area (Å²) in [6, 6.07) is 70.2. The lowest BCUT2D eigenvalue weighted by atomic mass is 9.90. The molecule has 0 atom stereocenters. The molecule has 13 aromatic rings. The molecular formula is C52H32. The number of hydrogen-bond donors (Lipinski definition) is 0. The highest BCUT2D eigenvalue weighted by molar-refractivity contribution is 6.33. The third kappa shape index (κ3) is 4.35. The van der Waals surface area contributed by atoms with Crippen molar-refractivity contribution in [2.45, 2.75) is 0 Å². The van der Waals surface area contributed by atoms with Gasteiger partial charge in [0, 0.05) is 0 Å². The minimum Gasteiger partial charge on any atom is -0.0610 e. The molecule has 240 valence electrons.